The van der Waals surface area contributed by atoms with Crippen LogP contribution in [0.3, 0.4) is 0 Å². The first-order valence-corrected chi connectivity index (χ1v) is 14.6. The second-order valence-corrected chi connectivity index (χ2v) is 11.8. The molecule has 3 heterocycles. The van der Waals surface area contributed by atoms with E-state index in [1.807, 2.05) is 19.1 Å². The minimum absolute atomic E-state index is 0.117. The zero-order chi connectivity index (χ0) is 27.6. The maximum absolute atomic E-state index is 14.5. The van der Waals surface area contributed by atoms with Crippen molar-refractivity contribution in [2.24, 2.45) is 11.8 Å². The second-order valence-electron chi connectivity index (χ2n) is 10.2. The Balaban J connectivity index is 1.76. The number of para-hydroxylation sites is 1. The van der Waals surface area contributed by atoms with Gasteiger partial charge in [0.25, 0.3) is 5.91 Å². The molecule has 3 aliphatic rings. The van der Waals surface area contributed by atoms with Crippen LogP contribution in [0.5, 0.6) is 0 Å². The molecule has 0 radical (unpaired) electrons. The number of anilines is 1. The molecule has 0 aliphatic carbocycles. The summed E-state index contributed by atoms with van der Waals surface area (Å²) >= 11 is 10.3. The number of halogens is 2. The predicted octanol–water partition coefficient (Wildman–Crippen LogP) is 4.03. The lowest BCUT2D eigenvalue weighted by Crippen LogP contribution is -2.57. The minimum atomic E-state index is -1.16. The molecule has 1 aromatic rings. The van der Waals surface area contributed by atoms with Gasteiger partial charge in [-0.25, -0.2) is 0 Å². The molecule has 2 bridgehead atoms. The van der Waals surface area contributed by atoms with Crippen molar-refractivity contribution >= 4 is 51.0 Å². The number of carbonyl (C=O) groups is 3. The minimum Gasteiger partial charge on any atom is -0.466 e. The fourth-order valence-electron chi connectivity index (χ4n) is 6.44. The number of esters is 1. The highest BCUT2D eigenvalue weighted by atomic mass is 79.9. The molecule has 0 aromatic heterocycles. The van der Waals surface area contributed by atoms with Gasteiger partial charge in [0, 0.05) is 24.5 Å². The summed E-state index contributed by atoms with van der Waals surface area (Å²) in [4.78, 5) is 44.7. The van der Waals surface area contributed by atoms with E-state index in [9.17, 15) is 14.4 Å². The van der Waals surface area contributed by atoms with Gasteiger partial charge < -0.3 is 24.4 Å². The number of rotatable bonds is 12. The Labute approximate surface area is 237 Å². The number of aliphatic hydroxyl groups excluding tert-OH is 1. The van der Waals surface area contributed by atoms with Crippen LogP contribution in [-0.2, 0) is 23.9 Å². The van der Waals surface area contributed by atoms with Gasteiger partial charge in [0.1, 0.15) is 11.6 Å². The Morgan fingerprint density at radius 3 is 2.74 bits per heavy atom. The summed E-state index contributed by atoms with van der Waals surface area (Å²) in [6, 6.07) is 4.51. The number of hydrogen-bond donors (Lipinski definition) is 1. The number of nitrogens with zero attached hydrogens (tertiary/aromatic N) is 2. The highest BCUT2D eigenvalue weighted by Crippen LogP contribution is 2.60. The smallest absolute Gasteiger partial charge is 0.312 e. The number of likely N-dealkylation sites (tertiary alicyclic amines) is 1. The van der Waals surface area contributed by atoms with Crippen molar-refractivity contribution in [3.8, 4) is 0 Å². The molecule has 38 heavy (non-hydrogen) atoms. The summed E-state index contributed by atoms with van der Waals surface area (Å²) in [6.45, 7) is 8.31. The molecule has 3 aliphatic heterocycles. The number of aliphatic hydroxyl groups is 1. The van der Waals surface area contributed by atoms with Crippen molar-refractivity contribution in [2.75, 3.05) is 31.2 Å². The van der Waals surface area contributed by atoms with Gasteiger partial charge in [0.15, 0.2) is 0 Å². The quantitative estimate of drug-likeness (QED) is 0.166. The molecule has 4 rings (SSSR count). The lowest BCUT2D eigenvalue weighted by atomic mass is 9.70. The number of hydrogen-bond acceptors (Lipinski definition) is 6. The zero-order valence-corrected chi connectivity index (χ0v) is 24.2. The van der Waals surface area contributed by atoms with Gasteiger partial charge in [-0.3, -0.25) is 14.4 Å². The third-order valence-electron chi connectivity index (χ3n) is 7.93. The van der Waals surface area contributed by atoms with Gasteiger partial charge in [-0.2, -0.15) is 0 Å². The van der Waals surface area contributed by atoms with Crippen LogP contribution in [0.15, 0.2) is 30.9 Å². The number of amides is 2. The summed E-state index contributed by atoms with van der Waals surface area (Å²) in [5.74, 6) is -2.62. The molecule has 0 saturated carbocycles. The van der Waals surface area contributed by atoms with Gasteiger partial charge in [-0.15, -0.1) is 6.58 Å². The van der Waals surface area contributed by atoms with E-state index < -0.39 is 35.6 Å². The summed E-state index contributed by atoms with van der Waals surface area (Å²) in [5, 5.41) is 9.55. The summed E-state index contributed by atoms with van der Waals surface area (Å²) in [7, 11) is 0. The van der Waals surface area contributed by atoms with E-state index >= 15 is 0 Å². The largest absolute Gasteiger partial charge is 0.466 e. The maximum Gasteiger partial charge on any atom is 0.312 e. The maximum atomic E-state index is 14.5. The van der Waals surface area contributed by atoms with E-state index in [4.69, 9.17) is 26.2 Å². The van der Waals surface area contributed by atoms with Gasteiger partial charge in [0.2, 0.25) is 5.91 Å². The van der Waals surface area contributed by atoms with E-state index in [2.05, 4.69) is 22.5 Å². The van der Waals surface area contributed by atoms with Crippen LogP contribution in [0.4, 0.5) is 5.69 Å². The average Bonchev–Trinajstić information content (AvgIpc) is 3.46. The molecule has 1 aromatic carbocycles. The van der Waals surface area contributed by atoms with E-state index in [1.165, 1.54) is 0 Å². The Morgan fingerprint density at radius 1 is 1.34 bits per heavy atom. The Kier molecular flexibility index (Phi) is 9.22. The Morgan fingerprint density at radius 2 is 2.08 bits per heavy atom. The van der Waals surface area contributed by atoms with E-state index in [0.717, 1.165) is 18.4 Å². The topological polar surface area (TPSA) is 96.4 Å². The number of carbonyl (C=O) groups excluding carboxylic acids is 3. The molecule has 2 amide bonds. The van der Waals surface area contributed by atoms with Crippen LogP contribution >= 0.6 is 27.5 Å². The first-order valence-electron chi connectivity index (χ1n) is 13.3. The van der Waals surface area contributed by atoms with Crippen molar-refractivity contribution < 1.29 is 29.0 Å². The van der Waals surface area contributed by atoms with Gasteiger partial charge in [-0.1, -0.05) is 58.6 Å². The lowest BCUT2D eigenvalue weighted by Gasteiger charge is -2.37. The van der Waals surface area contributed by atoms with Gasteiger partial charge in [-0.05, 0) is 44.7 Å². The monoisotopic (exact) mass is 610 g/mol. The normalized spacial score (nSPS) is 29.4. The number of alkyl halides is 1. The van der Waals surface area contributed by atoms with Gasteiger partial charge in [0.05, 0.1) is 35.3 Å². The second kappa shape index (κ2) is 12.1. The van der Waals surface area contributed by atoms with Crippen molar-refractivity contribution in [3.63, 3.8) is 0 Å². The molecular weight excluding hydrogens is 576 g/mol. The van der Waals surface area contributed by atoms with Crippen LogP contribution in [-0.4, -0.2) is 76.7 Å². The van der Waals surface area contributed by atoms with Crippen LogP contribution in [0, 0.1) is 18.8 Å². The van der Waals surface area contributed by atoms with Crippen LogP contribution in [0.1, 0.15) is 44.6 Å². The molecule has 3 unspecified atom stereocenters. The molecular formula is C28H36BrClN2O6. The standard InChI is InChI=1S/C28H36BrClN2O6/c1-4-13-31(22-17(3)11-10-12-19(22)30)26(35)24-28-16-18(29)23(38-28)20(27(36)37-5-2)21(28)25(34)32(24)14-8-6-7-9-15-33/h4,10-12,18,20-21,23-24,33H,1,5-9,13-16H2,2-3H3/t18?,20-,21-,23-,24?,28?/m0/s1. The molecule has 10 heteroatoms. The fourth-order valence-corrected chi connectivity index (χ4v) is 7.70. The van der Waals surface area contributed by atoms with Crippen molar-refractivity contribution in [1.29, 1.82) is 0 Å². The number of fused-ring (bicyclic) bond motifs is 1. The van der Waals surface area contributed by atoms with E-state index in [0.29, 0.717) is 36.5 Å². The lowest BCUT2D eigenvalue weighted by molar-refractivity contribution is -0.154. The number of ether oxygens (including phenoxy) is 2. The number of aryl methyl sites for hydroxylation is 1. The summed E-state index contributed by atoms with van der Waals surface area (Å²) < 4.78 is 11.9. The van der Waals surface area contributed by atoms with Crippen LogP contribution in [0.2, 0.25) is 5.02 Å². The van der Waals surface area contributed by atoms with Crippen molar-refractivity contribution in [1.82, 2.24) is 4.90 Å². The van der Waals surface area contributed by atoms with Crippen molar-refractivity contribution in [3.05, 3.63) is 41.4 Å². The molecule has 6 atom stereocenters. The molecule has 1 spiro atoms. The summed E-state index contributed by atoms with van der Waals surface area (Å²) in [5.41, 5.74) is 0.226. The molecule has 3 saturated heterocycles. The molecule has 1 N–H and O–H groups in total. The Hall–Kier alpha value is -1.94. The van der Waals surface area contributed by atoms with Crippen LogP contribution < -0.4 is 4.90 Å². The SMILES string of the molecule is C=CCN(C(=O)C1N(CCCCCCO)C(=O)[C@@H]2[C@H](C(=O)OCC)[C@H]3OC12CC3Br)c1c(C)cccc1Cl. The third kappa shape index (κ3) is 4.91. The number of unbranched alkanes of at least 4 members (excludes halogenated alkanes) is 3. The number of benzene rings is 1. The third-order valence-corrected chi connectivity index (χ3v) is 9.07. The molecule has 3 fully saturated rings. The van der Waals surface area contributed by atoms with E-state index in [-0.39, 0.29) is 36.4 Å². The van der Waals surface area contributed by atoms with Gasteiger partial charge >= 0.3 is 5.97 Å². The fraction of sp³-hybridized carbons (Fsp3) is 0.607. The summed E-state index contributed by atoms with van der Waals surface area (Å²) in [6.07, 6.45) is 4.46. The van der Waals surface area contributed by atoms with Crippen molar-refractivity contribution in [2.45, 2.75) is 68.5 Å². The Bertz CT molecular complexity index is 1070. The van der Waals surface area contributed by atoms with Crippen LogP contribution in [0.25, 0.3) is 0 Å². The highest BCUT2D eigenvalue weighted by Gasteiger charge is 2.77. The average molecular weight is 612 g/mol. The first-order chi connectivity index (χ1) is 18.2. The zero-order valence-electron chi connectivity index (χ0n) is 21.9. The molecule has 208 valence electrons. The van der Waals surface area contributed by atoms with E-state index in [1.54, 1.807) is 28.9 Å². The first kappa shape index (κ1) is 29.1. The molecule has 8 nitrogen and oxygen atoms in total. The predicted molar refractivity (Wildman–Crippen MR) is 148 cm³/mol. The highest BCUT2D eigenvalue weighted by molar-refractivity contribution is 9.09.